The number of aromatic nitrogens is 1. The smallest absolute Gasteiger partial charge is 0.273 e. The second kappa shape index (κ2) is 4.37. The molecular formula is C13H7ClN2O3. The van der Waals surface area contributed by atoms with Crippen molar-refractivity contribution in [2.24, 2.45) is 0 Å². The predicted molar refractivity (Wildman–Crippen MR) is 71.1 cm³/mol. The lowest BCUT2D eigenvalue weighted by Crippen LogP contribution is -1.87. The van der Waals surface area contributed by atoms with Gasteiger partial charge in [-0.25, -0.2) is 4.98 Å². The molecular weight excluding hydrogens is 268 g/mol. The van der Waals surface area contributed by atoms with Crippen LogP contribution in [0.4, 0.5) is 5.69 Å². The zero-order valence-electron chi connectivity index (χ0n) is 9.54. The van der Waals surface area contributed by atoms with Crippen LogP contribution in [0, 0.1) is 10.1 Å². The molecule has 0 atom stereocenters. The van der Waals surface area contributed by atoms with Gasteiger partial charge in [-0.2, -0.15) is 0 Å². The first kappa shape index (κ1) is 11.7. The van der Waals surface area contributed by atoms with Crippen molar-refractivity contribution in [1.29, 1.82) is 0 Å². The molecule has 0 N–H and O–H groups in total. The number of halogens is 1. The Bertz CT molecular complexity index is 768. The normalized spacial score (nSPS) is 10.8. The molecule has 0 spiro atoms. The number of benzene rings is 2. The summed E-state index contributed by atoms with van der Waals surface area (Å²) in [6, 6.07) is 11.9. The van der Waals surface area contributed by atoms with E-state index in [1.165, 1.54) is 12.1 Å². The third-order valence-electron chi connectivity index (χ3n) is 2.66. The molecule has 0 aliphatic heterocycles. The van der Waals surface area contributed by atoms with E-state index in [1.54, 1.807) is 0 Å². The summed E-state index contributed by atoms with van der Waals surface area (Å²) in [5.74, 6) is 0.387. The van der Waals surface area contributed by atoms with Crippen molar-refractivity contribution in [2.75, 3.05) is 0 Å². The summed E-state index contributed by atoms with van der Waals surface area (Å²) >= 11 is 5.97. The molecule has 0 unspecified atom stereocenters. The lowest BCUT2D eigenvalue weighted by molar-refractivity contribution is -0.384. The number of hydrogen-bond donors (Lipinski definition) is 0. The summed E-state index contributed by atoms with van der Waals surface area (Å²) in [5.41, 5.74) is 1.41. The van der Waals surface area contributed by atoms with Gasteiger partial charge in [0.05, 0.1) is 9.95 Å². The Labute approximate surface area is 112 Å². The molecule has 94 valence electrons. The average Bonchev–Trinajstić information content (AvgIpc) is 2.84. The van der Waals surface area contributed by atoms with Crippen molar-refractivity contribution in [3.05, 3.63) is 57.6 Å². The lowest BCUT2D eigenvalue weighted by Gasteiger charge is -1.93. The molecule has 5 nitrogen and oxygen atoms in total. The van der Waals surface area contributed by atoms with Crippen molar-refractivity contribution in [3.8, 4) is 11.5 Å². The van der Waals surface area contributed by atoms with Crippen LogP contribution in [-0.4, -0.2) is 9.91 Å². The number of nitro benzene ring substituents is 1. The number of oxazole rings is 1. The van der Waals surface area contributed by atoms with Crippen LogP contribution in [0.5, 0.6) is 0 Å². The highest BCUT2D eigenvalue weighted by atomic mass is 35.5. The summed E-state index contributed by atoms with van der Waals surface area (Å²) in [6.45, 7) is 0. The van der Waals surface area contributed by atoms with Gasteiger partial charge in [0.15, 0.2) is 5.58 Å². The van der Waals surface area contributed by atoms with E-state index in [0.717, 1.165) is 5.56 Å². The summed E-state index contributed by atoms with van der Waals surface area (Å²) in [6.07, 6.45) is 0. The van der Waals surface area contributed by atoms with Gasteiger partial charge in [-0.3, -0.25) is 10.1 Å². The monoisotopic (exact) mass is 274 g/mol. The molecule has 6 heteroatoms. The summed E-state index contributed by atoms with van der Waals surface area (Å²) in [7, 11) is 0. The van der Waals surface area contributed by atoms with Gasteiger partial charge in [-0.15, -0.1) is 0 Å². The van der Waals surface area contributed by atoms with E-state index in [-0.39, 0.29) is 10.7 Å². The van der Waals surface area contributed by atoms with Crippen LogP contribution < -0.4 is 0 Å². The molecule has 3 rings (SSSR count). The first-order valence-corrected chi connectivity index (χ1v) is 5.83. The average molecular weight is 275 g/mol. The van der Waals surface area contributed by atoms with E-state index in [1.807, 2.05) is 30.3 Å². The molecule has 0 saturated carbocycles. The maximum absolute atomic E-state index is 10.8. The van der Waals surface area contributed by atoms with Crippen molar-refractivity contribution < 1.29 is 9.34 Å². The van der Waals surface area contributed by atoms with Crippen molar-refractivity contribution in [2.45, 2.75) is 0 Å². The molecule has 19 heavy (non-hydrogen) atoms. The van der Waals surface area contributed by atoms with E-state index in [2.05, 4.69) is 4.98 Å². The highest BCUT2D eigenvalue weighted by molar-refractivity contribution is 6.35. The van der Waals surface area contributed by atoms with Crippen molar-refractivity contribution in [1.82, 2.24) is 4.98 Å². The van der Waals surface area contributed by atoms with E-state index in [4.69, 9.17) is 16.0 Å². The quantitative estimate of drug-likeness (QED) is 0.522. The first-order chi connectivity index (χ1) is 9.15. The highest BCUT2D eigenvalue weighted by Gasteiger charge is 2.16. The Morgan fingerprint density at radius 1 is 1.21 bits per heavy atom. The Hall–Kier alpha value is -2.40. The number of rotatable bonds is 2. The van der Waals surface area contributed by atoms with E-state index < -0.39 is 4.92 Å². The van der Waals surface area contributed by atoms with Crippen molar-refractivity contribution >= 4 is 28.4 Å². The van der Waals surface area contributed by atoms with Crippen LogP contribution in [0.2, 0.25) is 5.02 Å². The Morgan fingerprint density at radius 2 is 1.95 bits per heavy atom. The van der Waals surface area contributed by atoms with Crippen molar-refractivity contribution in [3.63, 3.8) is 0 Å². The number of nitrogens with zero attached hydrogens (tertiary/aromatic N) is 2. The molecule has 3 aromatic rings. The second-order valence-electron chi connectivity index (χ2n) is 3.92. The Morgan fingerprint density at radius 3 is 2.63 bits per heavy atom. The highest BCUT2D eigenvalue weighted by Crippen LogP contribution is 2.32. The summed E-state index contributed by atoms with van der Waals surface area (Å²) in [5, 5.41) is 10.9. The summed E-state index contributed by atoms with van der Waals surface area (Å²) in [4.78, 5) is 14.5. The van der Waals surface area contributed by atoms with Gasteiger partial charge < -0.3 is 4.42 Å². The van der Waals surface area contributed by atoms with Crippen LogP contribution in [0.3, 0.4) is 0 Å². The number of nitro groups is 1. The molecule has 0 bridgehead atoms. The Balaban J connectivity index is 2.21. The molecule has 0 radical (unpaired) electrons. The van der Waals surface area contributed by atoms with Gasteiger partial charge in [0.2, 0.25) is 5.89 Å². The van der Waals surface area contributed by atoms with Crippen LogP contribution in [0.25, 0.3) is 22.6 Å². The maximum Gasteiger partial charge on any atom is 0.273 e. The molecule has 1 heterocycles. The van der Waals surface area contributed by atoms with Gasteiger partial charge >= 0.3 is 0 Å². The number of hydrogen-bond acceptors (Lipinski definition) is 4. The standard InChI is InChI=1S/C13H7ClN2O3/c14-10-6-9(16(17)18)7-11-12(10)19-13(15-11)8-4-2-1-3-5-8/h1-7H. The topological polar surface area (TPSA) is 69.2 Å². The minimum absolute atomic E-state index is 0.106. The largest absolute Gasteiger partial charge is 0.435 e. The number of fused-ring (bicyclic) bond motifs is 1. The van der Waals surface area contributed by atoms with Gasteiger partial charge in [0.25, 0.3) is 5.69 Å². The minimum Gasteiger partial charge on any atom is -0.435 e. The second-order valence-corrected chi connectivity index (χ2v) is 4.33. The molecule has 0 saturated heterocycles. The van der Waals surface area contributed by atoms with Crippen LogP contribution >= 0.6 is 11.6 Å². The number of non-ortho nitro benzene ring substituents is 1. The predicted octanol–water partition coefficient (Wildman–Crippen LogP) is 4.06. The van der Waals surface area contributed by atoms with Gasteiger partial charge in [-0.1, -0.05) is 29.8 Å². The first-order valence-electron chi connectivity index (χ1n) is 5.45. The fourth-order valence-electron chi connectivity index (χ4n) is 1.79. The fraction of sp³-hybridized carbons (Fsp3) is 0. The third kappa shape index (κ3) is 2.04. The molecule has 2 aromatic carbocycles. The molecule has 1 aromatic heterocycles. The molecule has 0 aliphatic rings. The van der Waals surface area contributed by atoms with Crippen LogP contribution in [0.15, 0.2) is 46.9 Å². The minimum atomic E-state index is -0.512. The van der Waals surface area contributed by atoms with Gasteiger partial charge in [0, 0.05) is 17.7 Å². The van der Waals surface area contributed by atoms with Gasteiger partial charge in [0.1, 0.15) is 5.52 Å². The molecule has 0 amide bonds. The Kier molecular flexibility index (Phi) is 2.68. The van der Waals surface area contributed by atoms with Crippen LogP contribution in [0.1, 0.15) is 0 Å². The molecule has 0 fully saturated rings. The van der Waals surface area contributed by atoms with Gasteiger partial charge in [-0.05, 0) is 12.1 Å². The lowest BCUT2D eigenvalue weighted by atomic mass is 10.2. The van der Waals surface area contributed by atoms with E-state index in [9.17, 15) is 10.1 Å². The zero-order chi connectivity index (χ0) is 13.4. The third-order valence-corrected chi connectivity index (χ3v) is 2.94. The fourth-order valence-corrected chi connectivity index (χ4v) is 2.03. The zero-order valence-corrected chi connectivity index (χ0v) is 10.3. The van der Waals surface area contributed by atoms with E-state index in [0.29, 0.717) is 17.0 Å². The van der Waals surface area contributed by atoms with Crippen LogP contribution in [-0.2, 0) is 0 Å². The summed E-state index contributed by atoms with van der Waals surface area (Å²) < 4.78 is 5.55. The maximum atomic E-state index is 10.8. The molecule has 0 aliphatic carbocycles. The van der Waals surface area contributed by atoms with E-state index >= 15 is 0 Å². The SMILES string of the molecule is O=[N+]([O-])c1cc(Cl)c2oc(-c3ccccc3)nc2c1.